The van der Waals surface area contributed by atoms with Gasteiger partial charge >= 0.3 is 5.97 Å². The Bertz CT molecular complexity index is 448. The predicted octanol–water partition coefficient (Wildman–Crippen LogP) is 2.57. The predicted molar refractivity (Wildman–Crippen MR) is 79.7 cm³/mol. The second kappa shape index (κ2) is 6.80. The van der Waals surface area contributed by atoms with E-state index >= 15 is 0 Å². The molecule has 1 aromatic rings. The highest BCUT2D eigenvalue weighted by molar-refractivity contribution is 8.93. The van der Waals surface area contributed by atoms with Gasteiger partial charge in [-0.1, -0.05) is 29.5 Å². The van der Waals surface area contributed by atoms with E-state index in [0.717, 1.165) is 5.69 Å². The van der Waals surface area contributed by atoms with Crippen molar-refractivity contribution in [1.29, 1.82) is 0 Å². The van der Waals surface area contributed by atoms with Crippen LogP contribution in [0.3, 0.4) is 0 Å². The van der Waals surface area contributed by atoms with Crippen LogP contribution in [0.2, 0.25) is 0 Å². The summed E-state index contributed by atoms with van der Waals surface area (Å²) in [5, 5.41) is 0.196. The van der Waals surface area contributed by atoms with Gasteiger partial charge in [0.25, 0.3) is 0 Å². The number of rotatable bonds is 2. The SMILES string of the molecule is Br.Cc1ccc(N=C(N)SC2CCOC2=O)cc1. The lowest BCUT2D eigenvalue weighted by Gasteiger charge is -2.04. The van der Waals surface area contributed by atoms with Crippen LogP contribution < -0.4 is 5.73 Å². The van der Waals surface area contributed by atoms with E-state index in [0.29, 0.717) is 18.2 Å². The van der Waals surface area contributed by atoms with Crippen LogP contribution in [0, 0.1) is 6.92 Å². The smallest absolute Gasteiger partial charge is 0.319 e. The van der Waals surface area contributed by atoms with Crippen molar-refractivity contribution in [3.8, 4) is 0 Å². The molecule has 0 saturated carbocycles. The number of aryl methyl sites for hydroxylation is 1. The molecular formula is C12H15BrN2O2S. The summed E-state index contributed by atoms with van der Waals surface area (Å²) in [7, 11) is 0. The monoisotopic (exact) mass is 330 g/mol. The maximum Gasteiger partial charge on any atom is 0.319 e. The molecule has 98 valence electrons. The molecule has 1 unspecified atom stereocenters. The molecule has 0 radical (unpaired) electrons. The van der Waals surface area contributed by atoms with Gasteiger partial charge in [0.15, 0.2) is 5.17 Å². The fraction of sp³-hybridized carbons (Fsp3) is 0.333. The lowest BCUT2D eigenvalue weighted by Crippen LogP contribution is -2.17. The lowest BCUT2D eigenvalue weighted by atomic mass is 10.2. The Morgan fingerprint density at radius 2 is 2.11 bits per heavy atom. The van der Waals surface area contributed by atoms with Gasteiger partial charge in [0.2, 0.25) is 0 Å². The van der Waals surface area contributed by atoms with E-state index in [4.69, 9.17) is 10.5 Å². The van der Waals surface area contributed by atoms with Crippen molar-refractivity contribution in [2.75, 3.05) is 6.61 Å². The third kappa shape index (κ3) is 4.03. The van der Waals surface area contributed by atoms with Crippen LogP contribution >= 0.6 is 28.7 Å². The van der Waals surface area contributed by atoms with E-state index in [2.05, 4.69) is 4.99 Å². The number of hydrogen-bond donors (Lipinski definition) is 1. The molecule has 1 saturated heterocycles. The number of thioether (sulfide) groups is 1. The summed E-state index contributed by atoms with van der Waals surface area (Å²) in [6, 6.07) is 7.74. The van der Waals surface area contributed by atoms with Crippen LogP contribution in [0.15, 0.2) is 29.3 Å². The molecule has 0 amide bonds. The van der Waals surface area contributed by atoms with Gasteiger partial charge < -0.3 is 10.5 Å². The Morgan fingerprint density at radius 3 is 2.67 bits per heavy atom. The molecule has 4 nitrogen and oxygen atoms in total. The van der Waals surface area contributed by atoms with Crippen LogP contribution in [-0.2, 0) is 9.53 Å². The summed E-state index contributed by atoms with van der Waals surface area (Å²) in [4.78, 5) is 15.5. The fourth-order valence-electron chi connectivity index (χ4n) is 1.50. The average Bonchev–Trinajstić information content (AvgIpc) is 2.68. The van der Waals surface area contributed by atoms with E-state index in [1.54, 1.807) is 0 Å². The Labute approximate surface area is 121 Å². The fourth-order valence-corrected chi connectivity index (χ4v) is 2.33. The zero-order valence-electron chi connectivity index (χ0n) is 9.96. The van der Waals surface area contributed by atoms with Crippen LogP contribution in [-0.4, -0.2) is 23.0 Å². The van der Waals surface area contributed by atoms with Crippen molar-refractivity contribution >= 4 is 45.6 Å². The number of nitrogens with two attached hydrogens (primary N) is 1. The van der Waals surface area contributed by atoms with Gasteiger partial charge in [-0.25, -0.2) is 4.99 Å². The molecule has 1 aliphatic heterocycles. The van der Waals surface area contributed by atoms with Crippen molar-refractivity contribution in [2.24, 2.45) is 10.7 Å². The summed E-state index contributed by atoms with van der Waals surface area (Å²) in [6.45, 7) is 2.49. The summed E-state index contributed by atoms with van der Waals surface area (Å²) < 4.78 is 4.86. The summed E-state index contributed by atoms with van der Waals surface area (Å²) in [5.74, 6) is -0.197. The van der Waals surface area contributed by atoms with Crippen molar-refractivity contribution < 1.29 is 9.53 Å². The molecule has 0 spiro atoms. The number of ether oxygens (including phenoxy) is 1. The van der Waals surface area contributed by atoms with Crippen LogP contribution in [0.4, 0.5) is 5.69 Å². The molecule has 6 heteroatoms. The molecule has 2 rings (SSSR count). The maximum atomic E-state index is 11.3. The van der Waals surface area contributed by atoms with E-state index in [1.165, 1.54) is 17.3 Å². The number of benzene rings is 1. The molecule has 1 aliphatic rings. The number of halogens is 1. The van der Waals surface area contributed by atoms with E-state index in [9.17, 15) is 4.79 Å². The van der Waals surface area contributed by atoms with Crippen molar-refractivity contribution in [3.63, 3.8) is 0 Å². The van der Waals surface area contributed by atoms with Gasteiger partial charge in [-0.2, -0.15) is 0 Å². The van der Waals surface area contributed by atoms with Gasteiger partial charge in [-0.15, -0.1) is 17.0 Å². The molecular weight excluding hydrogens is 316 g/mol. The van der Waals surface area contributed by atoms with Gasteiger partial charge in [-0.3, -0.25) is 4.79 Å². The zero-order chi connectivity index (χ0) is 12.3. The number of amidine groups is 1. The first-order valence-electron chi connectivity index (χ1n) is 5.39. The number of carbonyl (C=O) groups excluding carboxylic acids is 1. The number of carbonyl (C=O) groups is 1. The number of cyclic esters (lactones) is 1. The zero-order valence-corrected chi connectivity index (χ0v) is 12.5. The Kier molecular flexibility index (Phi) is 5.68. The molecule has 1 fully saturated rings. The van der Waals surface area contributed by atoms with Crippen LogP contribution in [0.5, 0.6) is 0 Å². The summed E-state index contributed by atoms with van der Waals surface area (Å²) in [5.41, 5.74) is 7.76. The number of hydrogen-bond acceptors (Lipinski definition) is 4. The van der Waals surface area contributed by atoms with E-state index in [1.807, 2.05) is 31.2 Å². The minimum atomic E-state index is -0.204. The standard InChI is InChI=1S/C12H14N2O2S.BrH/c1-8-2-4-9(5-3-8)14-12(13)17-10-6-7-16-11(10)15;/h2-5,10H,6-7H2,1H3,(H2,13,14);1H. The number of nitrogens with zero attached hydrogens (tertiary/aromatic N) is 1. The minimum Gasteiger partial charge on any atom is -0.465 e. The summed E-state index contributed by atoms with van der Waals surface area (Å²) >= 11 is 1.27. The summed E-state index contributed by atoms with van der Waals surface area (Å²) in [6.07, 6.45) is 0.702. The second-order valence-electron chi connectivity index (χ2n) is 3.85. The van der Waals surface area contributed by atoms with E-state index < -0.39 is 0 Å². The third-order valence-corrected chi connectivity index (χ3v) is 3.47. The Balaban J connectivity index is 0.00000162. The quantitative estimate of drug-likeness (QED) is 0.514. The largest absolute Gasteiger partial charge is 0.465 e. The highest BCUT2D eigenvalue weighted by atomic mass is 79.9. The topological polar surface area (TPSA) is 64.7 Å². The molecule has 1 heterocycles. The van der Waals surface area contributed by atoms with Gasteiger partial charge in [0, 0.05) is 6.42 Å². The number of aliphatic imine (C=N–C) groups is 1. The van der Waals surface area contributed by atoms with Crippen molar-refractivity contribution in [2.45, 2.75) is 18.6 Å². The highest BCUT2D eigenvalue weighted by Crippen LogP contribution is 2.23. The van der Waals surface area contributed by atoms with Gasteiger partial charge in [0.1, 0.15) is 5.25 Å². The highest BCUT2D eigenvalue weighted by Gasteiger charge is 2.28. The number of esters is 1. The molecule has 2 N–H and O–H groups in total. The first-order valence-corrected chi connectivity index (χ1v) is 6.27. The Hall–Kier alpha value is -1.01. The first-order chi connectivity index (χ1) is 8.15. The molecule has 1 atom stereocenters. The maximum absolute atomic E-state index is 11.3. The second-order valence-corrected chi connectivity index (χ2v) is 5.07. The molecule has 18 heavy (non-hydrogen) atoms. The average molecular weight is 331 g/mol. The van der Waals surface area contributed by atoms with Gasteiger partial charge in [-0.05, 0) is 19.1 Å². The van der Waals surface area contributed by atoms with Crippen molar-refractivity contribution in [1.82, 2.24) is 0 Å². The Morgan fingerprint density at radius 1 is 1.44 bits per heavy atom. The van der Waals surface area contributed by atoms with E-state index in [-0.39, 0.29) is 28.2 Å². The molecule has 1 aromatic carbocycles. The lowest BCUT2D eigenvalue weighted by molar-refractivity contribution is -0.137. The van der Waals surface area contributed by atoms with Crippen molar-refractivity contribution in [3.05, 3.63) is 29.8 Å². The molecule has 0 aromatic heterocycles. The van der Waals surface area contributed by atoms with Gasteiger partial charge in [0.05, 0.1) is 12.3 Å². The van der Waals surface area contributed by atoms with Crippen LogP contribution in [0.1, 0.15) is 12.0 Å². The third-order valence-electron chi connectivity index (χ3n) is 2.42. The molecule has 0 aliphatic carbocycles. The van der Waals surface area contributed by atoms with Crippen LogP contribution in [0.25, 0.3) is 0 Å². The first kappa shape index (κ1) is 15.0. The molecule has 0 bridgehead atoms. The normalized spacial score (nSPS) is 19.3. The minimum absolute atomic E-state index is 0.